The van der Waals surface area contributed by atoms with Crippen LogP contribution in [0.2, 0.25) is 0 Å². The van der Waals surface area contributed by atoms with E-state index < -0.39 is 0 Å². The molecule has 1 aromatic heterocycles. The van der Waals surface area contributed by atoms with E-state index in [1.807, 2.05) is 19.2 Å². The van der Waals surface area contributed by atoms with Crippen LogP contribution in [0.1, 0.15) is 34.1 Å². The highest BCUT2D eigenvalue weighted by atomic mass is 32.1. The summed E-state index contributed by atoms with van der Waals surface area (Å²) >= 11 is 1.77. The molecule has 0 N–H and O–H groups in total. The lowest BCUT2D eigenvalue weighted by Crippen LogP contribution is -2.27. The van der Waals surface area contributed by atoms with Crippen molar-refractivity contribution in [2.45, 2.75) is 26.2 Å². The maximum Gasteiger partial charge on any atom is 0.176 e. The molecule has 2 rings (SSSR count). The van der Waals surface area contributed by atoms with Crippen LogP contribution in [0, 0.1) is 0 Å². The Labute approximate surface area is 131 Å². The number of hydrogen-bond donors (Lipinski definition) is 0. The van der Waals surface area contributed by atoms with Crippen LogP contribution in [0.15, 0.2) is 41.8 Å². The van der Waals surface area contributed by atoms with Gasteiger partial charge in [0.15, 0.2) is 5.78 Å². The molecule has 2 aromatic rings. The molecule has 0 saturated carbocycles. The molecule has 3 heteroatoms. The molecule has 0 aliphatic carbocycles. The first-order valence-corrected chi connectivity index (χ1v) is 8.40. The smallest absolute Gasteiger partial charge is 0.176 e. The number of ketones is 1. The zero-order chi connectivity index (χ0) is 15.1. The van der Waals surface area contributed by atoms with Crippen molar-refractivity contribution < 1.29 is 4.79 Å². The number of hydrogen-bond acceptors (Lipinski definition) is 3. The van der Waals surface area contributed by atoms with Gasteiger partial charge in [-0.2, -0.15) is 0 Å². The molecule has 0 radical (unpaired) electrons. The number of carbonyl (C=O) groups excluding carboxylic acids is 1. The molecule has 0 amide bonds. The number of carbonyl (C=O) groups is 1. The predicted molar refractivity (Wildman–Crippen MR) is 90.3 cm³/mol. The largest absolute Gasteiger partial charge is 0.299 e. The lowest BCUT2D eigenvalue weighted by atomic mass is 10.1. The minimum atomic E-state index is 0.201. The van der Waals surface area contributed by atoms with Crippen LogP contribution < -0.4 is 0 Å². The van der Waals surface area contributed by atoms with Crippen LogP contribution >= 0.6 is 11.3 Å². The summed E-state index contributed by atoms with van der Waals surface area (Å²) < 4.78 is 0. The molecule has 0 saturated heterocycles. The third-order valence-corrected chi connectivity index (χ3v) is 4.48. The molecule has 1 aromatic carbocycles. The maximum absolute atomic E-state index is 12.2. The maximum atomic E-state index is 12.2. The highest BCUT2D eigenvalue weighted by Crippen LogP contribution is 2.10. The minimum Gasteiger partial charge on any atom is -0.299 e. The van der Waals surface area contributed by atoms with E-state index in [0.717, 1.165) is 31.4 Å². The van der Waals surface area contributed by atoms with Gasteiger partial charge in [-0.05, 0) is 36.9 Å². The fourth-order valence-electron chi connectivity index (χ4n) is 2.32. The van der Waals surface area contributed by atoms with Crippen molar-refractivity contribution >= 4 is 17.1 Å². The molecule has 0 aliphatic heterocycles. The Kier molecular flexibility index (Phi) is 6.15. The van der Waals surface area contributed by atoms with Gasteiger partial charge in [0.2, 0.25) is 0 Å². The van der Waals surface area contributed by atoms with E-state index in [4.69, 9.17) is 0 Å². The number of Topliss-reactive ketones (excluding diaryl/α,β-unsaturated/α-hetero) is 1. The van der Waals surface area contributed by atoms with Crippen molar-refractivity contribution in [2.75, 3.05) is 20.1 Å². The van der Waals surface area contributed by atoms with Crippen molar-refractivity contribution in [2.24, 2.45) is 0 Å². The van der Waals surface area contributed by atoms with Gasteiger partial charge in [-0.1, -0.05) is 43.7 Å². The quantitative estimate of drug-likeness (QED) is 0.685. The van der Waals surface area contributed by atoms with Crippen molar-refractivity contribution in [1.29, 1.82) is 0 Å². The van der Waals surface area contributed by atoms with Gasteiger partial charge in [-0.15, -0.1) is 11.3 Å². The summed E-state index contributed by atoms with van der Waals surface area (Å²) in [5.41, 5.74) is 2.12. The molecule has 2 nitrogen and oxygen atoms in total. The summed E-state index contributed by atoms with van der Waals surface area (Å²) in [6.07, 6.45) is 3.23. The summed E-state index contributed by atoms with van der Waals surface area (Å²) in [7, 11) is 2.01. The summed E-state index contributed by atoms with van der Waals surface area (Å²) in [6, 6.07) is 12.3. The van der Waals surface area contributed by atoms with Gasteiger partial charge in [0, 0.05) is 17.0 Å². The number of nitrogens with zero attached hydrogens (tertiary/aromatic N) is 1. The summed E-state index contributed by atoms with van der Waals surface area (Å²) in [5.74, 6) is 0.201. The SMILES string of the molecule is CCCc1ccc(C(=O)CN(C)CCc2cccs2)cc1. The Hall–Kier alpha value is -1.45. The van der Waals surface area contributed by atoms with Crippen LogP contribution in [-0.4, -0.2) is 30.8 Å². The Bertz CT molecular complexity index is 545. The molecule has 1 heterocycles. The lowest BCUT2D eigenvalue weighted by Gasteiger charge is -2.15. The highest BCUT2D eigenvalue weighted by molar-refractivity contribution is 7.09. The lowest BCUT2D eigenvalue weighted by molar-refractivity contribution is 0.0947. The topological polar surface area (TPSA) is 20.3 Å². The molecule has 112 valence electrons. The number of benzene rings is 1. The zero-order valence-corrected chi connectivity index (χ0v) is 13.7. The van der Waals surface area contributed by atoms with E-state index in [1.165, 1.54) is 10.4 Å². The predicted octanol–water partition coefficient (Wildman–Crippen LogP) is 4.06. The molecular formula is C18H23NOS. The van der Waals surface area contributed by atoms with Crippen molar-refractivity contribution in [3.8, 4) is 0 Å². The van der Waals surface area contributed by atoms with Crippen LogP contribution in [0.25, 0.3) is 0 Å². The Morgan fingerprint density at radius 2 is 1.90 bits per heavy atom. The Morgan fingerprint density at radius 1 is 1.14 bits per heavy atom. The number of aryl methyl sites for hydroxylation is 1. The van der Waals surface area contributed by atoms with Gasteiger partial charge < -0.3 is 0 Å². The van der Waals surface area contributed by atoms with E-state index in [9.17, 15) is 4.79 Å². The van der Waals surface area contributed by atoms with Crippen molar-refractivity contribution in [1.82, 2.24) is 4.90 Å². The van der Waals surface area contributed by atoms with Gasteiger partial charge in [0.05, 0.1) is 6.54 Å². The van der Waals surface area contributed by atoms with E-state index in [0.29, 0.717) is 6.54 Å². The molecule has 0 bridgehead atoms. The average molecular weight is 301 g/mol. The third-order valence-electron chi connectivity index (χ3n) is 3.55. The van der Waals surface area contributed by atoms with E-state index >= 15 is 0 Å². The first kappa shape index (κ1) is 15.9. The average Bonchev–Trinajstić information content (AvgIpc) is 2.99. The summed E-state index contributed by atoms with van der Waals surface area (Å²) in [6.45, 7) is 3.57. The van der Waals surface area contributed by atoms with Crippen molar-refractivity contribution in [3.63, 3.8) is 0 Å². The van der Waals surface area contributed by atoms with E-state index in [1.54, 1.807) is 11.3 Å². The monoisotopic (exact) mass is 301 g/mol. The Morgan fingerprint density at radius 3 is 2.52 bits per heavy atom. The minimum absolute atomic E-state index is 0.201. The second-order valence-electron chi connectivity index (χ2n) is 5.44. The van der Waals surface area contributed by atoms with E-state index in [-0.39, 0.29) is 5.78 Å². The molecule has 0 atom stereocenters. The summed E-state index contributed by atoms with van der Waals surface area (Å²) in [4.78, 5) is 15.7. The molecule has 0 fully saturated rings. The van der Waals surface area contributed by atoms with Crippen molar-refractivity contribution in [3.05, 3.63) is 57.8 Å². The number of thiophene rings is 1. The van der Waals surface area contributed by atoms with Crippen LogP contribution in [0.3, 0.4) is 0 Å². The highest BCUT2D eigenvalue weighted by Gasteiger charge is 2.09. The molecule has 0 aliphatic rings. The standard InChI is InChI=1S/C18H23NOS/c1-3-5-15-7-9-16(10-8-15)18(20)14-19(2)12-11-17-6-4-13-21-17/h4,6-10,13H,3,5,11-12,14H2,1-2H3. The molecular weight excluding hydrogens is 278 g/mol. The normalized spacial score (nSPS) is 11.0. The molecule has 0 spiro atoms. The molecule has 0 unspecified atom stereocenters. The van der Waals surface area contributed by atoms with Crippen LogP contribution in [-0.2, 0) is 12.8 Å². The number of likely N-dealkylation sites (N-methyl/N-ethyl adjacent to an activating group) is 1. The first-order chi connectivity index (χ1) is 10.2. The number of rotatable bonds is 8. The van der Waals surface area contributed by atoms with Gasteiger partial charge in [-0.3, -0.25) is 9.69 Å². The second kappa shape index (κ2) is 8.11. The van der Waals surface area contributed by atoms with Gasteiger partial charge >= 0.3 is 0 Å². The van der Waals surface area contributed by atoms with Gasteiger partial charge in [0.1, 0.15) is 0 Å². The summed E-state index contributed by atoms with van der Waals surface area (Å²) in [5, 5.41) is 2.10. The molecule has 21 heavy (non-hydrogen) atoms. The second-order valence-corrected chi connectivity index (χ2v) is 6.47. The van der Waals surface area contributed by atoms with Crippen LogP contribution in [0.5, 0.6) is 0 Å². The van der Waals surface area contributed by atoms with Gasteiger partial charge in [0.25, 0.3) is 0 Å². The first-order valence-electron chi connectivity index (χ1n) is 7.52. The fraction of sp³-hybridized carbons (Fsp3) is 0.389. The van der Waals surface area contributed by atoms with Gasteiger partial charge in [-0.25, -0.2) is 0 Å². The zero-order valence-electron chi connectivity index (χ0n) is 12.8. The van der Waals surface area contributed by atoms with E-state index in [2.05, 4.69) is 41.5 Å². The fourth-order valence-corrected chi connectivity index (χ4v) is 3.02. The third kappa shape index (κ3) is 5.10. The Balaban J connectivity index is 1.82. The van der Waals surface area contributed by atoms with Crippen LogP contribution in [0.4, 0.5) is 0 Å².